The van der Waals surface area contributed by atoms with Crippen LogP contribution in [0, 0.1) is 6.92 Å². The zero-order valence-electron chi connectivity index (χ0n) is 15.4. The summed E-state index contributed by atoms with van der Waals surface area (Å²) in [4.78, 5) is 0. The lowest BCUT2D eigenvalue weighted by molar-refractivity contribution is 1.39. The Morgan fingerprint density at radius 2 is 1.19 bits per heavy atom. The van der Waals surface area contributed by atoms with Crippen LogP contribution >= 0.6 is 0 Å². The highest BCUT2D eigenvalue weighted by atomic mass is 28.3. The van der Waals surface area contributed by atoms with Gasteiger partial charge in [0.2, 0.25) is 0 Å². The van der Waals surface area contributed by atoms with Crippen molar-refractivity contribution in [2.24, 2.45) is 0 Å². The van der Waals surface area contributed by atoms with Crippen LogP contribution < -0.4 is 10.4 Å². The number of allylic oxidation sites excluding steroid dienone is 4. The second-order valence-electron chi connectivity index (χ2n) is 7.10. The lowest BCUT2D eigenvalue weighted by Gasteiger charge is -2.22. The largest absolute Gasteiger partial charge is 0.133 e. The molecule has 0 bridgehead atoms. The highest BCUT2D eigenvalue weighted by Gasteiger charge is 2.28. The van der Waals surface area contributed by atoms with Crippen molar-refractivity contribution in [3.05, 3.63) is 113 Å². The maximum Gasteiger partial charge on any atom is 0.133 e. The Bertz CT molecular complexity index is 909. The predicted molar refractivity (Wildman–Crippen MR) is 116 cm³/mol. The lowest BCUT2D eigenvalue weighted by atomic mass is 10.0. The van der Waals surface area contributed by atoms with E-state index in [9.17, 15) is 0 Å². The fourth-order valence-corrected chi connectivity index (χ4v) is 7.43. The van der Waals surface area contributed by atoms with Crippen molar-refractivity contribution < 1.29 is 0 Å². The molecule has 0 N–H and O–H groups in total. The minimum Gasteiger partial charge on any atom is -0.0773 e. The van der Waals surface area contributed by atoms with Gasteiger partial charge in [-0.1, -0.05) is 113 Å². The van der Waals surface area contributed by atoms with Gasteiger partial charge in [0.05, 0.1) is 0 Å². The Hall–Kier alpha value is -2.64. The molecular weight excluding hydrogens is 328 g/mol. The summed E-state index contributed by atoms with van der Waals surface area (Å²) in [7, 11) is -1.49. The zero-order valence-corrected chi connectivity index (χ0v) is 16.6. The first-order chi connectivity index (χ1) is 12.7. The van der Waals surface area contributed by atoms with Crippen molar-refractivity contribution in [3.63, 3.8) is 0 Å². The van der Waals surface area contributed by atoms with Crippen LogP contribution in [0.3, 0.4) is 0 Å². The van der Waals surface area contributed by atoms with Gasteiger partial charge in [0.1, 0.15) is 8.80 Å². The molecule has 4 rings (SSSR count). The average Bonchev–Trinajstić information content (AvgIpc) is 3.06. The summed E-state index contributed by atoms with van der Waals surface area (Å²) >= 11 is 0. The highest BCUT2D eigenvalue weighted by molar-refractivity contribution is 6.92. The third-order valence-corrected chi connectivity index (χ3v) is 8.80. The molecular formula is C25H24Si. The molecule has 3 aromatic carbocycles. The fraction of sp³-hybridized carbons (Fsp3) is 0.120. The van der Waals surface area contributed by atoms with E-state index in [0.717, 1.165) is 6.42 Å². The minimum absolute atomic E-state index is 1.05. The first-order valence-electron chi connectivity index (χ1n) is 9.31. The number of rotatable bonds is 4. The van der Waals surface area contributed by atoms with Crippen LogP contribution in [0.25, 0.3) is 5.57 Å². The third-order valence-electron chi connectivity index (χ3n) is 5.32. The standard InChI is InChI=1S/C25H24Si/c1-19-13-16-21(17-14-19)24-18-15-20(2)25(24)26(22-9-5-3-6-10-22)23-11-7-4-8-12-23/h3-17,26H,18H2,1-2H3. The molecule has 0 aliphatic heterocycles. The minimum atomic E-state index is -1.49. The molecule has 0 nitrogen and oxygen atoms in total. The van der Waals surface area contributed by atoms with Crippen molar-refractivity contribution in [1.82, 2.24) is 0 Å². The van der Waals surface area contributed by atoms with E-state index in [4.69, 9.17) is 0 Å². The second kappa shape index (κ2) is 7.31. The van der Waals surface area contributed by atoms with Crippen LogP contribution in [0.15, 0.2) is 102 Å². The second-order valence-corrected chi connectivity index (χ2v) is 9.88. The van der Waals surface area contributed by atoms with E-state index in [0.29, 0.717) is 0 Å². The summed E-state index contributed by atoms with van der Waals surface area (Å²) in [6.07, 6.45) is 3.46. The van der Waals surface area contributed by atoms with Crippen molar-refractivity contribution in [1.29, 1.82) is 0 Å². The molecule has 0 unspecified atom stereocenters. The number of hydrogen-bond acceptors (Lipinski definition) is 0. The van der Waals surface area contributed by atoms with E-state index < -0.39 is 8.80 Å². The summed E-state index contributed by atoms with van der Waals surface area (Å²) in [5.41, 5.74) is 5.68. The van der Waals surface area contributed by atoms with Crippen molar-refractivity contribution in [2.45, 2.75) is 20.3 Å². The maximum atomic E-state index is 2.41. The van der Waals surface area contributed by atoms with Gasteiger partial charge in [-0.2, -0.15) is 0 Å². The van der Waals surface area contributed by atoms with Crippen LogP contribution in [0.5, 0.6) is 0 Å². The molecule has 0 spiro atoms. The smallest absolute Gasteiger partial charge is 0.0773 e. The molecule has 0 amide bonds. The van der Waals surface area contributed by atoms with Crippen LogP contribution in [-0.4, -0.2) is 8.80 Å². The van der Waals surface area contributed by atoms with Gasteiger partial charge in [-0.3, -0.25) is 0 Å². The molecule has 1 heteroatoms. The van der Waals surface area contributed by atoms with E-state index in [1.54, 1.807) is 5.20 Å². The summed E-state index contributed by atoms with van der Waals surface area (Å²) < 4.78 is 0. The first kappa shape index (κ1) is 16.8. The summed E-state index contributed by atoms with van der Waals surface area (Å²) in [6.45, 7) is 4.45. The van der Waals surface area contributed by atoms with Gasteiger partial charge in [0.15, 0.2) is 0 Å². The van der Waals surface area contributed by atoms with Crippen LogP contribution in [0.2, 0.25) is 0 Å². The molecule has 0 heterocycles. The van der Waals surface area contributed by atoms with E-state index in [2.05, 4.69) is 105 Å². The van der Waals surface area contributed by atoms with Gasteiger partial charge in [-0.05, 0) is 36.6 Å². The monoisotopic (exact) mass is 352 g/mol. The first-order valence-corrected chi connectivity index (χ1v) is 11.0. The molecule has 0 aromatic heterocycles. The zero-order chi connectivity index (χ0) is 17.9. The molecule has 1 aliphatic carbocycles. The SMILES string of the molecule is CC1=CCC(c2ccc(C)cc2)=C1[SiH](c1ccccc1)c1ccccc1. The highest BCUT2D eigenvalue weighted by Crippen LogP contribution is 2.35. The van der Waals surface area contributed by atoms with Crippen LogP contribution in [-0.2, 0) is 0 Å². The number of benzene rings is 3. The topological polar surface area (TPSA) is 0 Å². The maximum absolute atomic E-state index is 2.41. The normalized spacial score (nSPS) is 14.0. The number of hydrogen-bond donors (Lipinski definition) is 0. The predicted octanol–water partition coefficient (Wildman–Crippen LogP) is 4.68. The van der Waals surface area contributed by atoms with Gasteiger partial charge in [0, 0.05) is 0 Å². The van der Waals surface area contributed by atoms with Crippen LogP contribution in [0.1, 0.15) is 24.5 Å². The fourth-order valence-electron chi connectivity index (χ4n) is 3.96. The molecule has 3 aromatic rings. The Labute approximate surface area is 158 Å². The van der Waals surface area contributed by atoms with E-state index in [1.807, 2.05) is 0 Å². The summed E-state index contributed by atoms with van der Waals surface area (Å²) in [5, 5.41) is 4.59. The van der Waals surface area contributed by atoms with E-state index in [-0.39, 0.29) is 0 Å². The van der Waals surface area contributed by atoms with Gasteiger partial charge >= 0.3 is 0 Å². The van der Waals surface area contributed by atoms with E-state index in [1.165, 1.54) is 32.6 Å². The Morgan fingerprint density at radius 3 is 1.73 bits per heavy atom. The van der Waals surface area contributed by atoms with E-state index >= 15 is 0 Å². The van der Waals surface area contributed by atoms with Crippen molar-refractivity contribution in [2.75, 3.05) is 0 Å². The molecule has 128 valence electrons. The van der Waals surface area contributed by atoms with Gasteiger partial charge in [-0.25, -0.2) is 0 Å². The van der Waals surface area contributed by atoms with Crippen molar-refractivity contribution >= 4 is 24.7 Å². The summed E-state index contributed by atoms with van der Waals surface area (Å²) in [5.74, 6) is 0. The molecule has 0 radical (unpaired) electrons. The van der Waals surface area contributed by atoms with Gasteiger partial charge in [0.25, 0.3) is 0 Å². The molecule has 0 fully saturated rings. The van der Waals surface area contributed by atoms with Crippen molar-refractivity contribution in [3.8, 4) is 0 Å². The quantitative estimate of drug-likeness (QED) is 0.598. The average molecular weight is 353 g/mol. The molecule has 0 saturated heterocycles. The Kier molecular flexibility index (Phi) is 4.72. The van der Waals surface area contributed by atoms with Gasteiger partial charge in [-0.15, -0.1) is 0 Å². The Morgan fingerprint density at radius 1 is 0.654 bits per heavy atom. The van der Waals surface area contributed by atoms with Crippen LogP contribution in [0.4, 0.5) is 0 Å². The molecule has 0 saturated carbocycles. The summed E-state index contributed by atoms with van der Waals surface area (Å²) in [6, 6.07) is 31.3. The third kappa shape index (κ3) is 3.23. The number of aryl methyl sites for hydroxylation is 1. The molecule has 0 atom stereocenters. The van der Waals surface area contributed by atoms with Gasteiger partial charge < -0.3 is 0 Å². The molecule has 1 aliphatic rings. The Balaban J connectivity index is 1.92. The lowest BCUT2D eigenvalue weighted by Crippen LogP contribution is -2.44. The molecule has 26 heavy (non-hydrogen) atoms.